The van der Waals surface area contributed by atoms with Gasteiger partial charge in [-0.15, -0.1) is 4.91 Å². The molecule has 27 heavy (non-hydrogen) atoms. The second kappa shape index (κ2) is 8.88. The first-order valence-electron chi connectivity index (χ1n) is 8.49. The van der Waals surface area contributed by atoms with E-state index in [1.165, 1.54) is 11.9 Å². The first kappa shape index (κ1) is 20.0. The smallest absolute Gasteiger partial charge is 0.275 e. The molecule has 1 aromatic rings. The van der Waals surface area contributed by atoms with Crippen LogP contribution in [0.1, 0.15) is 24.5 Å². The number of carbonyl (C=O) groups excluding carboxylic acids is 2. The fourth-order valence-corrected chi connectivity index (χ4v) is 2.78. The van der Waals surface area contributed by atoms with Gasteiger partial charge in [-0.25, -0.2) is 5.43 Å². The molecule has 0 saturated carbocycles. The van der Waals surface area contributed by atoms with Crippen LogP contribution < -0.4 is 10.7 Å². The van der Waals surface area contributed by atoms with Crippen LogP contribution in [-0.2, 0) is 9.59 Å². The van der Waals surface area contributed by atoms with Gasteiger partial charge in [0.25, 0.3) is 11.8 Å². The summed E-state index contributed by atoms with van der Waals surface area (Å²) in [6.07, 6.45) is 4.96. The molecule has 2 rings (SSSR count). The molecule has 1 aliphatic rings. The van der Waals surface area contributed by atoms with Gasteiger partial charge >= 0.3 is 0 Å². The van der Waals surface area contributed by atoms with Gasteiger partial charge in [-0.1, -0.05) is 43.8 Å². The van der Waals surface area contributed by atoms with Gasteiger partial charge in [0.1, 0.15) is 0 Å². The monoisotopic (exact) mass is 369 g/mol. The zero-order valence-corrected chi connectivity index (χ0v) is 15.6. The Bertz CT molecular complexity index is 798. The van der Waals surface area contributed by atoms with Crippen molar-refractivity contribution in [1.29, 1.82) is 0 Å². The maximum Gasteiger partial charge on any atom is 0.275 e. The summed E-state index contributed by atoms with van der Waals surface area (Å²) in [4.78, 5) is 40.3. The first-order chi connectivity index (χ1) is 12.9. The van der Waals surface area contributed by atoms with Crippen LogP contribution in [0, 0.1) is 10.8 Å². The average molecular weight is 369 g/mol. The predicted octanol–water partition coefficient (Wildman–Crippen LogP) is 1.95. The molecule has 0 fully saturated rings. The molecule has 2 N–H and O–H groups in total. The van der Waals surface area contributed by atoms with E-state index < -0.39 is 17.9 Å². The van der Waals surface area contributed by atoms with Crippen LogP contribution in [0.2, 0.25) is 0 Å². The van der Waals surface area contributed by atoms with E-state index in [4.69, 9.17) is 0 Å². The van der Waals surface area contributed by atoms with E-state index in [1.54, 1.807) is 12.5 Å². The van der Waals surface area contributed by atoms with E-state index in [1.807, 2.05) is 30.5 Å². The zero-order chi connectivity index (χ0) is 20.0. The molecule has 8 heteroatoms. The van der Waals surface area contributed by atoms with Gasteiger partial charge in [-0.2, -0.15) is 0 Å². The molecule has 0 radical (unpaired) electrons. The van der Waals surface area contributed by atoms with Crippen LogP contribution in [0.3, 0.4) is 0 Å². The average Bonchev–Trinajstić information content (AvgIpc) is 2.67. The third-order valence-electron chi connectivity index (χ3n) is 4.38. The van der Waals surface area contributed by atoms with Crippen molar-refractivity contribution < 1.29 is 9.59 Å². The normalized spacial score (nSPS) is 16.7. The van der Waals surface area contributed by atoms with Crippen LogP contribution in [0.15, 0.2) is 47.2 Å². The summed E-state index contributed by atoms with van der Waals surface area (Å²) in [5, 5.41) is 4.75. The number of likely N-dealkylation sites (N-methyl/N-ethyl adjacent to an activating group) is 2. The van der Waals surface area contributed by atoms with Crippen molar-refractivity contribution in [3.63, 3.8) is 0 Å². The molecule has 8 nitrogen and oxygen atoms in total. The Hall–Kier alpha value is -3.29. The minimum Gasteiger partial charge on any atom is -0.357 e. The number of benzene rings is 1. The molecule has 0 spiro atoms. The summed E-state index contributed by atoms with van der Waals surface area (Å²) < 4.78 is 0. The third-order valence-corrected chi connectivity index (χ3v) is 4.38. The number of nitroso groups, excluding NO2 is 1. The van der Waals surface area contributed by atoms with Crippen molar-refractivity contribution in [2.45, 2.75) is 19.4 Å². The fourth-order valence-electron chi connectivity index (χ4n) is 2.78. The molecule has 0 bridgehead atoms. The van der Waals surface area contributed by atoms with Crippen molar-refractivity contribution >= 4 is 29.4 Å². The molecule has 1 aromatic carbocycles. The summed E-state index contributed by atoms with van der Waals surface area (Å²) in [7, 11) is 2.96. The highest BCUT2D eigenvalue weighted by molar-refractivity contribution is 6.05. The van der Waals surface area contributed by atoms with E-state index in [9.17, 15) is 14.5 Å². The predicted molar refractivity (Wildman–Crippen MR) is 105 cm³/mol. The number of amides is 2. The first-order valence-corrected chi connectivity index (χ1v) is 8.49. The summed E-state index contributed by atoms with van der Waals surface area (Å²) in [5.41, 5.74) is 4.84. The Morgan fingerprint density at radius 3 is 2.52 bits per heavy atom. The van der Waals surface area contributed by atoms with Gasteiger partial charge in [-0.05, 0) is 23.5 Å². The molecule has 2 amide bonds. The van der Waals surface area contributed by atoms with E-state index in [-0.39, 0.29) is 0 Å². The highest BCUT2D eigenvalue weighted by Gasteiger charge is 2.31. The van der Waals surface area contributed by atoms with E-state index in [0.717, 1.165) is 23.2 Å². The number of carbonyl (C=O) groups is 2. The van der Waals surface area contributed by atoms with Crippen LogP contribution in [-0.4, -0.2) is 43.1 Å². The second-order valence-corrected chi connectivity index (χ2v) is 6.30. The maximum absolute atomic E-state index is 12.1. The van der Waals surface area contributed by atoms with Crippen LogP contribution >= 0.6 is 0 Å². The van der Waals surface area contributed by atoms with Crippen molar-refractivity contribution in [3.8, 4) is 0 Å². The van der Waals surface area contributed by atoms with E-state index in [0.29, 0.717) is 11.6 Å². The van der Waals surface area contributed by atoms with Crippen LogP contribution in [0.25, 0.3) is 11.4 Å². The largest absolute Gasteiger partial charge is 0.357 e. The van der Waals surface area contributed by atoms with Crippen molar-refractivity contribution in [2.24, 2.45) is 16.2 Å². The standard InChI is InChI=1S/C19H23N5O3/c1-12-9-10-21-16(11-12)15-7-5-14(6-8-15)13(2)24(4)17(18(25)20-3)19(26)22-23-27/h5-8,10-12,17H,2,9H2,1,3-4H3,(H,20,25)(H,22,26,27). The van der Waals surface area contributed by atoms with Crippen molar-refractivity contribution in [2.75, 3.05) is 14.1 Å². The van der Waals surface area contributed by atoms with E-state index in [2.05, 4.69) is 35.2 Å². The highest BCUT2D eigenvalue weighted by Crippen LogP contribution is 2.25. The molecule has 0 saturated heterocycles. The summed E-state index contributed by atoms with van der Waals surface area (Å²) in [5.74, 6) is -0.969. The number of hydrogen-bond acceptors (Lipinski definition) is 6. The van der Waals surface area contributed by atoms with Gasteiger partial charge in [0, 0.05) is 26.0 Å². The fraction of sp³-hybridized carbons (Fsp3) is 0.316. The number of hydrogen-bond donors (Lipinski definition) is 2. The lowest BCUT2D eigenvalue weighted by atomic mass is 10.00. The van der Waals surface area contributed by atoms with Crippen LogP contribution in [0.4, 0.5) is 0 Å². The number of aliphatic imine (C=N–C) groups is 1. The van der Waals surface area contributed by atoms with Gasteiger partial charge in [0.15, 0.2) is 6.04 Å². The molecule has 0 aliphatic carbocycles. The molecule has 0 aromatic heterocycles. The second-order valence-electron chi connectivity index (χ2n) is 6.30. The van der Waals surface area contributed by atoms with Crippen molar-refractivity contribution in [1.82, 2.24) is 15.6 Å². The molecular formula is C19H23N5O3. The van der Waals surface area contributed by atoms with Gasteiger partial charge < -0.3 is 10.2 Å². The number of allylic oxidation sites excluding steroid dienone is 1. The minimum absolute atomic E-state index is 0.441. The molecule has 2 unspecified atom stereocenters. The lowest BCUT2D eigenvalue weighted by molar-refractivity contribution is -0.134. The lowest BCUT2D eigenvalue weighted by Crippen LogP contribution is -2.51. The molecule has 142 valence electrons. The Kier molecular flexibility index (Phi) is 6.59. The van der Waals surface area contributed by atoms with E-state index >= 15 is 0 Å². The van der Waals surface area contributed by atoms with Gasteiger partial charge in [-0.3, -0.25) is 14.6 Å². The topological polar surface area (TPSA) is 103 Å². The van der Waals surface area contributed by atoms with Gasteiger partial charge in [0.2, 0.25) is 0 Å². The lowest BCUT2D eigenvalue weighted by Gasteiger charge is -2.28. The molecular weight excluding hydrogens is 346 g/mol. The highest BCUT2D eigenvalue weighted by atomic mass is 16.3. The SMILES string of the molecule is C=C(c1ccc(C2=CC(C)CC=N2)cc1)N(C)C(C(=O)NC)C(=O)NN=O. The Labute approximate surface area is 158 Å². The molecule has 1 aliphatic heterocycles. The third kappa shape index (κ3) is 4.66. The Morgan fingerprint density at radius 1 is 1.30 bits per heavy atom. The minimum atomic E-state index is -1.27. The van der Waals surface area contributed by atoms with Crippen molar-refractivity contribution in [3.05, 3.63) is 53.0 Å². The zero-order valence-electron chi connectivity index (χ0n) is 15.6. The molecule has 2 atom stereocenters. The van der Waals surface area contributed by atoms with Gasteiger partial charge in [0.05, 0.1) is 11.0 Å². The Balaban J connectivity index is 2.22. The number of nitrogens with one attached hydrogen (secondary N) is 2. The summed E-state index contributed by atoms with van der Waals surface area (Å²) in [6, 6.07) is 6.25. The number of nitrogens with zero attached hydrogens (tertiary/aromatic N) is 3. The maximum atomic E-state index is 12.1. The molecule has 1 heterocycles. The summed E-state index contributed by atoms with van der Waals surface area (Å²) in [6.45, 7) is 6.11. The Morgan fingerprint density at radius 2 is 1.96 bits per heavy atom. The van der Waals surface area contributed by atoms with Crippen LogP contribution in [0.5, 0.6) is 0 Å². The summed E-state index contributed by atoms with van der Waals surface area (Å²) >= 11 is 0. The quantitative estimate of drug-likeness (QED) is 0.435. The number of rotatable bonds is 7.